The Morgan fingerprint density at radius 1 is 1.09 bits per heavy atom. The average molecular weight is 435 g/mol. The normalized spacial score (nSPS) is 19.9. The van der Waals surface area contributed by atoms with Gasteiger partial charge in [0.2, 0.25) is 11.8 Å². The first-order valence-electron chi connectivity index (χ1n) is 11.1. The van der Waals surface area contributed by atoms with E-state index in [-0.39, 0.29) is 30.7 Å². The van der Waals surface area contributed by atoms with Crippen LogP contribution in [0.2, 0.25) is 0 Å². The molecule has 1 N–H and O–H groups in total. The summed E-state index contributed by atoms with van der Waals surface area (Å²) in [4.78, 5) is 44.0. The van der Waals surface area contributed by atoms with Crippen molar-refractivity contribution in [3.63, 3.8) is 0 Å². The number of benzene rings is 2. The Labute approximate surface area is 189 Å². The van der Waals surface area contributed by atoms with Gasteiger partial charge in [0.1, 0.15) is 5.66 Å². The molecule has 1 saturated heterocycles. The van der Waals surface area contributed by atoms with Crippen LogP contribution >= 0.6 is 0 Å². The smallest absolute Gasteiger partial charge is 0.257 e. The van der Waals surface area contributed by atoms with Crippen LogP contribution in [0.3, 0.4) is 0 Å². The number of rotatable bonds is 7. The van der Waals surface area contributed by atoms with Crippen LogP contribution in [0.1, 0.15) is 42.1 Å². The first kappa shape index (κ1) is 22.0. The van der Waals surface area contributed by atoms with E-state index in [0.717, 1.165) is 18.7 Å². The fourth-order valence-electron chi connectivity index (χ4n) is 4.59. The number of fused-ring (bicyclic) bond motifs is 3. The molecule has 1 fully saturated rings. The second-order valence-electron chi connectivity index (χ2n) is 8.97. The maximum absolute atomic E-state index is 13.2. The minimum atomic E-state index is -0.739. The van der Waals surface area contributed by atoms with Crippen molar-refractivity contribution in [2.75, 3.05) is 37.4 Å². The van der Waals surface area contributed by atoms with Gasteiger partial charge in [-0.15, -0.1) is 0 Å². The molecule has 1 atom stereocenters. The number of likely N-dealkylation sites (N-methyl/N-ethyl adjacent to an activating group) is 1. The minimum absolute atomic E-state index is 0.0104. The number of hydrogen-bond donors (Lipinski definition) is 1. The van der Waals surface area contributed by atoms with Crippen LogP contribution in [0.4, 0.5) is 11.4 Å². The summed E-state index contributed by atoms with van der Waals surface area (Å²) in [7, 11) is 4.09. The third-order valence-electron chi connectivity index (χ3n) is 6.39. The lowest BCUT2D eigenvalue weighted by Gasteiger charge is -2.48. The van der Waals surface area contributed by atoms with Gasteiger partial charge in [0.25, 0.3) is 5.91 Å². The number of para-hydroxylation sites is 1. The van der Waals surface area contributed by atoms with E-state index in [1.165, 1.54) is 5.56 Å². The van der Waals surface area contributed by atoms with Gasteiger partial charge in [-0.05, 0) is 63.7 Å². The molecule has 0 saturated carbocycles. The van der Waals surface area contributed by atoms with Crippen LogP contribution in [-0.2, 0) is 16.0 Å². The van der Waals surface area contributed by atoms with E-state index in [1.54, 1.807) is 21.9 Å². The third-order valence-corrected chi connectivity index (χ3v) is 6.39. The van der Waals surface area contributed by atoms with Gasteiger partial charge in [-0.25, -0.2) is 0 Å². The monoisotopic (exact) mass is 434 g/mol. The summed E-state index contributed by atoms with van der Waals surface area (Å²) >= 11 is 0. The lowest BCUT2D eigenvalue weighted by atomic mass is 9.98. The van der Waals surface area contributed by atoms with Crippen molar-refractivity contribution in [3.05, 3.63) is 59.7 Å². The molecule has 0 aliphatic carbocycles. The van der Waals surface area contributed by atoms with Crippen LogP contribution < -0.4 is 10.2 Å². The zero-order valence-electron chi connectivity index (χ0n) is 18.9. The quantitative estimate of drug-likeness (QED) is 0.727. The number of nitrogens with one attached hydrogen (secondary N) is 1. The van der Waals surface area contributed by atoms with Crippen molar-refractivity contribution in [3.8, 4) is 0 Å². The van der Waals surface area contributed by atoms with Crippen molar-refractivity contribution in [1.29, 1.82) is 0 Å². The first-order valence-corrected chi connectivity index (χ1v) is 11.1. The fraction of sp³-hybridized carbons (Fsp3) is 0.400. The van der Waals surface area contributed by atoms with E-state index in [1.807, 2.05) is 57.4 Å². The minimum Gasteiger partial charge on any atom is -0.326 e. The largest absolute Gasteiger partial charge is 0.326 e. The SMILES string of the molecule is CN(C)CCc1ccc(NC(=O)CCN2C(=O)c3ccccc3N3C(=O)CCC23C)cc1. The lowest BCUT2D eigenvalue weighted by molar-refractivity contribution is -0.117. The van der Waals surface area contributed by atoms with Crippen LogP contribution in [0, 0.1) is 0 Å². The number of amides is 3. The standard InChI is InChI=1S/C25H30N4O3/c1-25-15-12-23(31)29(25)21-7-5-4-6-20(21)24(32)28(25)17-14-22(30)26-19-10-8-18(9-11-19)13-16-27(2)3/h4-11H,12-17H2,1-3H3,(H,26,30). The predicted molar refractivity (Wildman–Crippen MR) is 125 cm³/mol. The molecule has 0 spiro atoms. The summed E-state index contributed by atoms with van der Waals surface area (Å²) in [5.41, 5.74) is 2.39. The van der Waals surface area contributed by atoms with Crippen molar-refractivity contribution in [2.45, 2.75) is 38.3 Å². The predicted octanol–water partition coefficient (Wildman–Crippen LogP) is 3.12. The van der Waals surface area contributed by atoms with E-state index >= 15 is 0 Å². The molecule has 2 aromatic rings. The highest BCUT2D eigenvalue weighted by Gasteiger charge is 2.52. The molecule has 0 radical (unpaired) electrons. The highest BCUT2D eigenvalue weighted by atomic mass is 16.2. The fourth-order valence-corrected chi connectivity index (χ4v) is 4.59. The van der Waals surface area contributed by atoms with Gasteiger partial charge in [-0.2, -0.15) is 0 Å². The topological polar surface area (TPSA) is 73.0 Å². The van der Waals surface area contributed by atoms with Gasteiger partial charge >= 0.3 is 0 Å². The van der Waals surface area contributed by atoms with E-state index < -0.39 is 5.66 Å². The number of hydrogen-bond acceptors (Lipinski definition) is 4. The molecule has 32 heavy (non-hydrogen) atoms. The summed E-state index contributed by atoms with van der Waals surface area (Å²) in [5, 5.41) is 2.92. The van der Waals surface area contributed by atoms with Crippen LogP contribution in [0.5, 0.6) is 0 Å². The Balaban J connectivity index is 1.42. The average Bonchev–Trinajstić information content (AvgIpc) is 3.08. The Bertz CT molecular complexity index is 1030. The summed E-state index contributed by atoms with van der Waals surface area (Å²) in [6.45, 7) is 3.13. The van der Waals surface area contributed by atoms with Crippen LogP contribution in [-0.4, -0.2) is 60.4 Å². The molecule has 2 aromatic carbocycles. The maximum Gasteiger partial charge on any atom is 0.257 e. The molecule has 4 rings (SSSR count). The third kappa shape index (κ3) is 4.12. The van der Waals surface area contributed by atoms with Gasteiger partial charge in [-0.1, -0.05) is 24.3 Å². The van der Waals surface area contributed by atoms with Crippen molar-refractivity contribution in [2.24, 2.45) is 0 Å². The lowest BCUT2D eigenvalue weighted by Crippen LogP contribution is -2.62. The summed E-state index contributed by atoms with van der Waals surface area (Å²) < 4.78 is 0. The molecular formula is C25H30N4O3. The number of nitrogens with zero attached hydrogens (tertiary/aromatic N) is 3. The summed E-state index contributed by atoms with van der Waals surface area (Å²) in [6, 6.07) is 15.1. The Morgan fingerprint density at radius 3 is 2.53 bits per heavy atom. The molecule has 0 bridgehead atoms. The zero-order valence-corrected chi connectivity index (χ0v) is 18.9. The van der Waals surface area contributed by atoms with Gasteiger partial charge in [0.05, 0.1) is 11.3 Å². The van der Waals surface area contributed by atoms with Crippen LogP contribution in [0.25, 0.3) is 0 Å². The second-order valence-corrected chi connectivity index (χ2v) is 8.97. The van der Waals surface area contributed by atoms with Gasteiger partial charge in [0, 0.05) is 31.6 Å². The molecule has 1 unspecified atom stereocenters. The second kappa shape index (κ2) is 8.74. The van der Waals surface area contributed by atoms with Gasteiger partial charge < -0.3 is 15.1 Å². The highest BCUT2D eigenvalue weighted by molar-refractivity contribution is 6.10. The zero-order chi connectivity index (χ0) is 22.9. The number of carbonyl (C=O) groups excluding carboxylic acids is 3. The Kier molecular flexibility index (Phi) is 6.02. The molecule has 0 aromatic heterocycles. The maximum atomic E-state index is 13.2. The van der Waals surface area contributed by atoms with Crippen molar-refractivity contribution < 1.29 is 14.4 Å². The van der Waals surface area contributed by atoms with Crippen molar-refractivity contribution >= 4 is 29.1 Å². The Hall–Kier alpha value is -3.19. The molecule has 7 heteroatoms. The first-order chi connectivity index (χ1) is 15.3. The Morgan fingerprint density at radius 2 is 1.81 bits per heavy atom. The van der Waals surface area contributed by atoms with E-state index in [0.29, 0.717) is 24.1 Å². The molecule has 2 aliphatic rings. The van der Waals surface area contributed by atoms with Crippen LogP contribution in [0.15, 0.2) is 48.5 Å². The van der Waals surface area contributed by atoms with E-state index in [9.17, 15) is 14.4 Å². The molecular weight excluding hydrogens is 404 g/mol. The van der Waals surface area contributed by atoms with Gasteiger partial charge in [0.15, 0.2) is 0 Å². The molecule has 3 amide bonds. The summed E-state index contributed by atoms with van der Waals surface area (Å²) in [5.74, 6) is -0.277. The van der Waals surface area contributed by atoms with E-state index in [2.05, 4.69) is 10.2 Å². The van der Waals surface area contributed by atoms with Crippen molar-refractivity contribution in [1.82, 2.24) is 9.80 Å². The molecule has 168 valence electrons. The number of anilines is 2. The summed E-state index contributed by atoms with van der Waals surface area (Å²) in [6.07, 6.45) is 2.06. The van der Waals surface area contributed by atoms with Gasteiger partial charge in [-0.3, -0.25) is 19.3 Å². The molecule has 7 nitrogen and oxygen atoms in total. The highest BCUT2D eigenvalue weighted by Crippen LogP contribution is 2.43. The molecule has 2 heterocycles. The molecule has 2 aliphatic heterocycles. The number of carbonyl (C=O) groups is 3. The van der Waals surface area contributed by atoms with E-state index in [4.69, 9.17) is 0 Å².